The van der Waals surface area contributed by atoms with E-state index >= 15 is 0 Å². The topological polar surface area (TPSA) is 107 Å². The molecule has 3 heterocycles. The molecule has 1 aliphatic heterocycles. The van der Waals surface area contributed by atoms with Crippen molar-refractivity contribution in [2.24, 2.45) is 5.14 Å². The van der Waals surface area contributed by atoms with Crippen LogP contribution in [0, 0.1) is 11.6 Å². The van der Waals surface area contributed by atoms with E-state index in [4.69, 9.17) is 21.5 Å². The van der Waals surface area contributed by atoms with Crippen molar-refractivity contribution in [3.8, 4) is 11.3 Å². The number of Topliss-reactive ketones (excluding diaryl/α,β-unsaturated/α-hetero) is 1. The Kier molecular flexibility index (Phi) is 6.03. The minimum atomic E-state index is -4.30. The van der Waals surface area contributed by atoms with Gasteiger partial charge in [-0.3, -0.25) is 9.69 Å². The Hall–Kier alpha value is -2.44. The number of ketones is 1. The summed E-state index contributed by atoms with van der Waals surface area (Å²) >= 11 is 6.06. The number of pyridine rings is 1. The molecule has 32 heavy (non-hydrogen) atoms. The van der Waals surface area contributed by atoms with Gasteiger partial charge in [0.25, 0.3) is 0 Å². The Morgan fingerprint density at radius 2 is 2.00 bits per heavy atom. The third-order valence-electron chi connectivity index (χ3n) is 5.25. The maximum absolute atomic E-state index is 14.9. The van der Waals surface area contributed by atoms with Gasteiger partial charge >= 0.3 is 0 Å². The van der Waals surface area contributed by atoms with Gasteiger partial charge in [-0.15, -0.1) is 0 Å². The lowest BCUT2D eigenvalue weighted by Crippen LogP contribution is -2.45. The average Bonchev–Trinajstić information content (AvgIpc) is 3.04. The Morgan fingerprint density at radius 1 is 1.31 bits per heavy atom. The number of halogens is 3. The van der Waals surface area contributed by atoms with Crippen LogP contribution in [0.15, 0.2) is 35.4 Å². The first-order chi connectivity index (χ1) is 15.0. The summed E-state index contributed by atoms with van der Waals surface area (Å²) in [6, 6.07) is 4.48. The van der Waals surface area contributed by atoms with Crippen LogP contribution >= 0.6 is 11.6 Å². The number of primary sulfonamides is 1. The highest BCUT2D eigenvalue weighted by atomic mass is 35.5. The molecule has 1 aliphatic rings. The van der Waals surface area contributed by atoms with Gasteiger partial charge in [0, 0.05) is 36.9 Å². The smallest absolute Gasteiger partial charge is 0.238 e. The number of benzene rings is 1. The van der Waals surface area contributed by atoms with Crippen LogP contribution in [-0.2, 0) is 26.1 Å². The van der Waals surface area contributed by atoms with E-state index in [9.17, 15) is 22.0 Å². The number of imidazole rings is 1. The summed E-state index contributed by atoms with van der Waals surface area (Å²) < 4.78 is 60.1. The van der Waals surface area contributed by atoms with Gasteiger partial charge in [0.05, 0.1) is 28.5 Å². The molecule has 0 unspecified atom stereocenters. The molecule has 0 spiro atoms. The molecule has 4 rings (SSSR count). The number of rotatable bonds is 5. The fourth-order valence-corrected chi connectivity index (χ4v) is 4.36. The molecule has 1 aromatic carbocycles. The summed E-state index contributed by atoms with van der Waals surface area (Å²) in [6.45, 7) is 2.78. The van der Waals surface area contributed by atoms with E-state index in [1.807, 2.05) is 4.90 Å². The van der Waals surface area contributed by atoms with E-state index in [1.54, 1.807) is 22.7 Å². The van der Waals surface area contributed by atoms with Crippen molar-refractivity contribution >= 4 is 33.1 Å². The number of ether oxygens (including phenoxy) is 1. The number of carbonyl (C=O) groups excluding carboxylic acids is 1. The Morgan fingerprint density at radius 3 is 2.62 bits per heavy atom. The maximum atomic E-state index is 14.9. The van der Waals surface area contributed by atoms with Crippen molar-refractivity contribution in [2.75, 3.05) is 19.7 Å². The largest absolute Gasteiger partial charge is 0.368 e. The molecule has 12 heteroatoms. The molecule has 2 N–H and O–H groups in total. The van der Waals surface area contributed by atoms with Crippen LogP contribution in [0.3, 0.4) is 0 Å². The highest BCUT2D eigenvalue weighted by molar-refractivity contribution is 7.89. The van der Waals surface area contributed by atoms with Crippen LogP contribution in [-0.4, -0.2) is 54.3 Å². The van der Waals surface area contributed by atoms with Crippen LogP contribution in [0.25, 0.3) is 16.9 Å². The molecule has 0 radical (unpaired) electrons. The van der Waals surface area contributed by atoms with E-state index in [0.717, 1.165) is 0 Å². The number of nitrogens with two attached hydrogens (primary N) is 1. The zero-order chi connectivity index (χ0) is 23.2. The van der Waals surface area contributed by atoms with Crippen LogP contribution in [0.2, 0.25) is 5.02 Å². The zero-order valence-corrected chi connectivity index (χ0v) is 18.5. The highest BCUT2D eigenvalue weighted by Crippen LogP contribution is 2.32. The number of nitrogens with zero attached hydrogens (tertiary/aromatic N) is 3. The van der Waals surface area contributed by atoms with Crippen LogP contribution < -0.4 is 5.14 Å². The van der Waals surface area contributed by atoms with Crippen LogP contribution in [0.4, 0.5) is 8.78 Å². The maximum Gasteiger partial charge on any atom is 0.238 e. The minimum absolute atomic E-state index is 0.00546. The summed E-state index contributed by atoms with van der Waals surface area (Å²) in [6.07, 6.45) is 1.03. The second-order valence-electron chi connectivity index (χ2n) is 7.49. The number of sulfonamides is 1. The first kappa shape index (κ1) is 22.7. The molecule has 0 aliphatic carbocycles. The SMILES string of the molecule is CC(=O)[C@@H]1CN(Cc2c(-c3c(F)cc(S(N)(=O)=O)cc3F)nc3cc(Cl)ccn23)CCO1. The molecule has 0 amide bonds. The number of aromatic nitrogens is 2. The van der Waals surface area contributed by atoms with Gasteiger partial charge < -0.3 is 9.14 Å². The predicted molar refractivity (Wildman–Crippen MR) is 113 cm³/mol. The fraction of sp³-hybridized carbons (Fsp3) is 0.300. The van der Waals surface area contributed by atoms with Gasteiger partial charge in [0.15, 0.2) is 5.78 Å². The fourth-order valence-electron chi connectivity index (χ4n) is 3.67. The molecule has 1 fully saturated rings. The van der Waals surface area contributed by atoms with Crippen molar-refractivity contribution in [3.63, 3.8) is 0 Å². The number of hydrogen-bond acceptors (Lipinski definition) is 6. The number of fused-ring (bicyclic) bond motifs is 1. The molecule has 3 aromatic rings. The summed E-state index contributed by atoms with van der Waals surface area (Å²) in [4.78, 5) is 17.4. The lowest BCUT2D eigenvalue weighted by Gasteiger charge is -2.31. The average molecular weight is 485 g/mol. The second kappa shape index (κ2) is 8.49. The number of carbonyl (C=O) groups is 1. The number of morpholine rings is 1. The Balaban J connectivity index is 1.85. The van der Waals surface area contributed by atoms with Gasteiger partial charge in [-0.05, 0) is 25.1 Å². The normalized spacial score (nSPS) is 17.7. The van der Waals surface area contributed by atoms with Gasteiger partial charge in [0.2, 0.25) is 10.0 Å². The molecule has 2 aromatic heterocycles. The minimum Gasteiger partial charge on any atom is -0.368 e. The second-order valence-corrected chi connectivity index (χ2v) is 9.49. The van der Waals surface area contributed by atoms with Crippen LogP contribution in [0.5, 0.6) is 0 Å². The summed E-state index contributed by atoms with van der Waals surface area (Å²) in [7, 11) is -4.30. The van der Waals surface area contributed by atoms with E-state index in [2.05, 4.69) is 4.98 Å². The van der Waals surface area contributed by atoms with Crippen molar-refractivity contribution in [2.45, 2.75) is 24.5 Å². The third-order valence-corrected chi connectivity index (χ3v) is 6.37. The summed E-state index contributed by atoms with van der Waals surface area (Å²) in [5.41, 5.74) is 0.313. The van der Waals surface area contributed by atoms with Crippen molar-refractivity contribution in [1.82, 2.24) is 14.3 Å². The highest BCUT2D eigenvalue weighted by Gasteiger charge is 2.28. The van der Waals surface area contributed by atoms with Crippen molar-refractivity contribution in [3.05, 3.63) is 52.8 Å². The lowest BCUT2D eigenvalue weighted by atomic mass is 10.1. The quantitative estimate of drug-likeness (QED) is 0.596. The first-order valence-electron chi connectivity index (χ1n) is 9.57. The van der Waals surface area contributed by atoms with E-state index in [1.165, 1.54) is 6.92 Å². The Labute approximate surface area is 187 Å². The molecule has 170 valence electrons. The van der Waals surface area contributed by atoms with Gasteiger partial charge in [-0.1, -0.05) is 11.6 Å². The molecule has 1 saturated heterocycles. The molecular weight excluding hydrogens is 466 g/mol. The summed E-state index contributed by atoms with van der Waals surface area (Å²) in [5, 5.41) is 5.39. The van der Waals surface area contributed by atoms with Crippen molar-refractivity contribution < 1.29 is 26.7 Å². The lowest BCUT2D eigenvalue weighted by molar-refractivity contribution is -0.134. The van der Waals surface area contributed by atoms with Crippen molar-refractivity contribution in [1.29, 1.82) is 0 Å². The molecular formula is C20H19ClF2N4O4S. The first-order valence-corrected chi connectivity index (χ1v) is 11.5. The molecule has 1 atom stereocenters. The monoisotopic (exact) mass is 484 g/mol. The Bertz CT molecular complexity index is 1310. The van der Waals surface area contributed by atoms with E-state index in [0.29, 0.717) is 48.2 Å². The molecule has 8 nitrogen and oxygen atoms in total. The van der Waals surface area contributed by atoms with Gasteiger partial charge in [-0.25, -0.2) is 27.3 Å². The zero-order valence-electron chi connectivity index (χ0n) is 16.9. The van der Waals surface area contributed by atoms with Gasteiger partial charge in [0.1, 0.15) is 23.4 Å². The van der Waals surface area contributed by atoms with Crippen LogP contribution in [0.1, 0.15) is 12.6 Å². The van der Waals surface area contributed by atoms with Gasteiger partial charge in [-0.2, -0.15) is 0 Å². The molecule has 0 saturated carbocycles. The summed E-state index contributed by atoms with van der Waals surface area (Å²) in [5.74, 6) is -2.35. The standard InChI is InChI=1S/C20H19ClF2N4O4S/c1-11(28)17-10-26(4-5-31-17)9-16-20(25-18-6-12(21)2-3-27(16)18)19-14(22)7-13(8-15(19)23)32(24,29)30/h2-3,6-8,17H,4-5,9-10H2,1H3,(H2,24,29,30)/t17-/m0/s1. The van der Waals surface area contributed by atoms with E-state index in [-0.39, 0.29) is 18.0 Å². The molecule has 0 bridgehead atoms. The number of hydrogen-bond donors (Lipinski definition) is 1. The predicted octanol–water partition coefficient (Wildman–Crippen LogP) is 2.37. The van der Waals surface area contributed by atoms with E-state index < -0.39 is 38.2 Å². The third kappa shape index (κ3) is 4.39.